The van der Waals surface area contributed by atoms with E-state index in [2.05, 4.69) is 52.5 Å². The molecule has 1 N–H and O–H groups in total. The Bertz CT molecular complexity index is 2480. The molecule has 2 aliphatic heterocycles. The highest BCUT2D eigenvalue weighted by Crippen LogP contribution is 2.56. The number of amides is 1. The lowest BCUT2D eigenvalue weighted by Gasteiger charge is -2.41. The second-order valence-corrected chi connectivity index (χ2v) is 17.5. The van der Waals surface area contributed by atoms with Crippen LogP contribution in [0.2, 0.25) is 0 Å². The van der Waals surface area contributed by atoms with E-state index in [1.807, 2.05) is 84.9 Å². The first-order valence-corrected chi connectivity index (χ1v) is 22.3. The molecule has 1 amide bonds. The standard InChI is InChI=1S/C48H52N7O8P/c1-32(2)55(33(3)4)64(61-27-26-49-5)63-42-41-46(54-31-52-40-43(50-30-51-44(40)54)53-45(56)34-14-10-8-11-15-34)62-47(42,28-59-41)29-60-48(35-16-12-9-13-17-35,36-18-22-38(57-6)23-19-36)37-20-24-39(58-7)25-21-37/h8-25,30-33,41-42,46H,26-29H2,1-4,6-7H3,(H,50,51,53,56)/t41-,42+,46-,47-,64?/m1/s1. The third-order valence-electron chi connectivity index (χ3n) is 11.4. The topological polar surface area (TPSA) is 145 Å². The fraction of sp³-hybridized carbons (Fsp3) is 0.354. The molecule has 2 aromatic heterocycles. The van der Waals surface area contributed by atoms with Gasteiger partial charge in [-0.25, -0.2) is 26.2 Å². The molecule has 0 aliphatic carbocycles. The van der Waals surface area contributed by atoms with Crippen molar-refractivity contribution in [2.75, 3.05) is 45.9 Å². The Kier molecular flexibility index (Phi) is 13.6. The SMILES string of the molecule is [C-]#[N+]CCOP(O[C@H]1[C@H]2OC[C@]1(COC(c1ccccc1)(c1ccc(OC)cc1)c1ccc(OC)cc1)O[C@H]2n1cnc2c(NC(=O)c3ccccc3)ncnc21)N(C(C)C)C(C)C. The Hall–Kier alpha value is -5.82. The van der Waals surface area contributed by atoms with Gasteiger partial charge in [-0.15, -0.1) is 0 Å². The van der Waals surface area contributed by atoms with Crippen LogP contribution in [0.5, 0.6) is 11.5 Å². The zero-order chi connectivity index (χ0) is 44.8. The maximum Gasteiger partial charge on any atom is 0.259 e. The number of rotatable bonds is 19. The molecule has 5 atom stereocenters. The molecule has 6 aromatic rings. The summed E-state index contributed by atoms with van der Waals surface area (Å²) in [5, 5.41) is 2.90. The fourth-order valence-corrected chi connectivity index (χ4v) is 10.3. The van der Waals surface area contributed by atoms with Crippen LogP contribution in [0.25, 0.3) is 16.0 Å². The summed E-state index contributed by atoms with van der Waals surface area (Å²) >= 11 is 0. The number of methoxy groups -OCH3 is 2. The predicted octanol–water partition coefficient (Wildman–Crippen LogP) is 8.44. The van der Waals surface area contributed by atoms with Gasteiger partial charge in [0.05, 0.1) is 33.8 Å². The Labute approximate surface area is 374 Å². The number of carbonyl (C=O) groups is 1. The highest BCUT2D eigenvalue weighted by atomic mass is 31.2. The van der Waals surface area contributed by atoms with Crippen LogP contribution in [0.3, 0.4) is 0 Å². The molecular formula is C48H52N7O8P. The molecule has 4 aromatic carbocycles. The van der Waals surface area contributed by atoms with E-state index in [1.165, 1.54) is 6.33 Å². The van der Waals surface area contributed by atoms with Gasteiger partial charge in [0.2, 0.25) is 6.54 Å². The van der Waals surface area contributed by atoms with Crippen LogP contribution in [-0.4, -0.2) is 101 Å². The summed E-state index contributed by atoms with van der Waals surface area (Å²) in [6.45, 7) is 16.3. The van der Waals surface area contributed by atoms with Crippen LogP contribution >= 0.6 is 8.53 Å². The summed E-state index contributed by atoms with van der Waals surface area (Å²) in [5.74, 6) is 1.32. The number of nitrogens with one attached hydrogen (secondary N) is 1. The maximum atomic E-state index is 13.3. The monoisotopic (exact) mass is 885 g/mol. The number of aromatic nitrogens is 4. The van der Waals surface area contributed by atoms with Gasteiger partial charge in [0.15, 0.2) is 23.2 Å². The molecule has 0 radical (unpaired) electrons. The van der Waals surface area contributed by atoms with E-state index in [0.717, 1.165) is 16.7 Å². The second kappa shape index (κ2) is 19.5. The van der Waals surface area contributed by atoms with Gasteiger partial charge in [0.25, 0.3) is 14.4 Å². The zero-order valence-electron chi connectivity index (χ0n) is 36.7. The van der Waals surface area contributed by atoms with Gasteiger partial charge in [-0.3, -0.25) is 9.36 Å². The van der Waals surface area contributed by atoms with Gasteiger partial charge in [-0.2, -0.15) is 0 Å². The molecular weight excluding hydrogens is 834 g/mol. The molecule has 2 fully saturated rings. The molecule has 2 saturated heterocycles. The Morgan fingerprint density at radius 1 is 0.891 bits per heavy atom. The fourth-order valence-electron chi connectivity index (χ4n) is 8.47. The molecule has 2 bridgehead atoms. The number of ether oxygens (including phenoxy) is 5. The van der Waals surface area contributed by atoms with Crippen molar-refractivity contribution in [1.82, 2.24) is 24.2 Å². The van der Waals surface area contributed by atoms with Crippen LogP contribution in [0, 0.1) is 6.57 Å². The van der Waals surface area contributed by atoms with E-state index >= 15 is 0 Å². The highest BCUT2D eigenvalue weighted by molar-refractivity contribution is 7.44. The minimum atomic E-state index is -1.75. The first-order valence-electron chi connectivity index (χ1n) is 21.2. The third-order valence-corrected chi connectivity index (χ3v) is 13.5. The molecule has 16 heteroatoms. The second-order valence-electron chi connectivity index (χ2n) is 16.1. The molecule has 64 heavy (non-hydrogen) atoms. The smallest absolute Gasteiger partial charge is 0.259 e. The molecule has 0 saturated carbocycles. The van der Waals surface area contributed by atoms with Crippen LogP contribution in [0.15, 0.2) is 122 Å². The van der Waals surface area contributed by atoms with Crippen molar-refractivity contribution < 1.29 is 37.5 Å². The van der Waals surface area contributed by atoms with Crippen LogP contribution < -0.4 is 14.8 Å². The van der Waals surface area contributed by atoms with Gasteiger partial charge >= 0.3 is 0 Å². The van der Waals surface area contributed by atoms with E-state index in [4.69, 9.17) is 44.3 Å². The number of nitrogens with zero attached hydrogens (tertiary/aromatic N) is 6. The van der Waals surface area contributed by atoms with Crippen molar-refractivity contribution in [3.63, 3.8) is 0 Å². The Morgan fingerprint density at radius 3 is 2.09 bits per heavy atom. The summed E-state index contributed by atoms with van der Waals surface area (Å²) < 4.78 is 50.4. The quantitative estimate of drug-likeness (QED) is 0.0361. The number of benzene rings is 4. The van der Waals surface area contributed by atoms with E-state index < -0.39 is 38.2 Å². The first-order chi connectivity index (χ1) is 31.1. The highest BCUT2D eigenvalue weighted by Gasteiger charge is 2.65. The van der Waals surface area contributed by atoms with Crippen molar-refractivity contribution in [2.45, 2.75) is 69.4 Å². The van der Waals surface area contributed by atoms with Crippen LogP contribution in [0.4, 0.5) is 5.82 Å². The zero-order valence-corrected chi connectivity index (χ0v) is 37.6. The third kappa shape index (κ3) is 8.71. The first kappa shape index (κ1) is 44.8. The van der Waals surface area contributed by atoms with E-state index in [0.29, 0.717) is 28.2 Å². The summed E-state index contributed by atoms with van der Waals surface area (Å²) in [6, 6.07) is 34.7. The normalized spacial score (nSPS) is 19.9. The largest absolute Gasteiger partial charge is 0.497 e. The molecule has 1 unspecified atom stereocenters. The summed E-state index contributed by atoms with van der Waals surface area (Å²) in [6.07, 6.45) is 0.757. The van der Waals surface area contributed by atoms with Crippen molar-refractivity contribution in [1.29, 1.82) is 0 Å². The van der Waals surface area contributed by atoms with Gasteiger partial charge < -0.3 is 42.9 Å². The van der Waals surface area contributed by atoms with E-state index in [1.54, 1.807) is 49.4 Å². The lowest BCUT2D eigenvalue weighted by atomic mass is 9.79. The van der Waals surface area contributed by atoms with E-state index in [9.17, 15) is 4.79 Å². The minimum Gasteiger partial charge on any atom is -0.497 e. The molecule has 0 spiro atoms. The summed E-state index contributed by atoms with van der Waals surface area (Å²) in [4.78, 5) is 30.5. The van der Waals surface area contributed by atoms with Crippen LogP contribution in [-0.2, 0) is 28.9 Å². The number of hydrogen-bond donors (Lipinski definition) is 1. The van der Waals surface area contributed by atoms with Gasteiger partial charge in [-0.1, -0.05) is 72.8 Å². The lowest BCUT2D eigenvalue weighted by Crippen LogP contribution is -2.49. The maximum absolute atomic E-state index is 13.3. The predicted molar refractivity (Wildman–Crippen MR) is 242 cm³/mol. The number of hydrogen-bond acceptors (Lipinski definition) is 12. The number of imidazole rings is 1. The average molecular weight is 886 g/mol. The van der Waals surface area contributed by atoms with Crippen molar-refractivity contribution >= 4 is 31.4 Å². The summed E-state index contributed by atoms with van der Waals surface area (Å²) in [5.41, 5.74) is 1.45. The number of carbonyl (C=O) groups excluding carboxylic acids is 1. The Morgan fingerprint density at radius 2 is 1.50 bits per heavy atom. The lowest BCUT2D eigenvalue weighted by molar-refractivity contribution is -0.202. The van der Waals surface area contributed by atoms with Crippen molar-refractivity contribution in [3.05, 3.63) is 156 Å². The molecule has 2 aliphatic rings. The van der Waals surface area contributed by atoms with Gasteiger partial charge in [-0.05, 0) is 80.8 Å². The molecule has 15 nitrogen and oxygen atoms in total. The van der Waals surface area contributed by atoms with Crippen molar-refractivity contribution in [2.24, 2.45) is 0 Å². The number of anilines is 1. The average Bonchev–Trinajstić information content (AvgIpc) is 4.00. The van der Waals surface area contributed by atoms with Crippen LogP contribution in [0.1, 0.15) is 61.0 Å². The summed E-state index contributed by atoms with van der Waals surface area (Å²) in [7, 11) is 1.53. The molecule has 4 heterocycles. The number of fused-ring (bicyclic) bond motifs is 3. The van der Waals surface area contributed by atoms with Gasteiger partial charge in [0.1, 0.15) is 47.8 Å². The Balaban J connectivity index is 1.23. The van der Waals surface area contributed by atoms with Crippen molar-refractivity contribution in [3.8, 4) is 11.5 Å². The molecule has 8 rings (SSSR count). The molecule has 332 valence electrons. The van der Waals surface area contributed by atoms with Gasteiger partial charge in [0, 0.05) is 17.6 Å². The minimum absolute atomic E-state index is 0.00774. The van der Waals surface area contributed by atoms with E-state index in [-0.39, 0.29) is 50.2 Å².